The van der Waals surface area contributed by atoms with Gasteiger partial charge < -0.3 is 27.9 Å². The summed E-state index contributed by atoms with van der Waals surface area (Å²) in [7, 11) is 0. The van der Waals surface area contributed by atoms with E-state index in [1.807, 2.05) is 12.2 Å². The quantitative estimate of drug-likeness (QED) is 0.524. The predicted octanol–water partition coefficient (Wildman–Crippen LogP) is 3.76. The van der Waals surface area contributed by atoms with Crippen LogP contribution in [0.2, 0.25) is 0 Å². The van der Waals surface area contributed by atoms with E-state index in [4.69, 9.17) is 0 Å². The number of hydrogen-bond donors (Lipinski definition) is 0. The molecule has 0 heterocycles. The van der Waals surface area contributed by atoms with E-state index >= 15 is 0 Å². The minimum Gasteiger partial charge on any atom is -0.693 e. The molecule has 0 saturated heterocycles. The molecular weight excluding hydrogens is 174 g/mol. The summed E-state index contributed by atoms with van der Waals surface area (Å²) in [5.41, 5.74) is 0. The molecule has 0 aromatic rings. The Morgan fingerprint density at radius 3 is 1.82 bits per heavy atom. The van der Waals surface area contributed by atoms with E-state index in [9.17, 15) is 0 Å². The van der Waals surface area contributed by atoms with Crippen molar-refractivity contribution in [3.8, 4) is 0 Å². The van der Waals surface area contributed by atoms with Gasteiger partial charge in [-0.1, -0.05) is 0 Å². The zero-order chi connectivity index (χ0) is 5.54. The molecule has 0 bridgehead atoms. The Labute approximate surface area is 83.3 Å². The van der Waals surface area contributed by atoms with Crippen LogP contribution in [0.5, 0.6) is 0 Å². The number of allylic oxidation sites excluding steroid dienone is 4. The molecule has 2 heteroatoms. The molecule has 11 heavy (non-hydrogen) atoms. The smallest absolute Gasteiger partial charge is 0.693 e. The molecule has 2 N–H and O–H groups in total. The van der Waals surface area contributed by atoms with E-state index in [0.717, 1.165) is 6.42 Å². The van der Waals surface area contributed by atoms with Crippen molar-refractivity contribution in [2.45, 2.75) is 13.3 Å². The molecule has 1 aliphatic rings. The molecule has 0 fully saturated rings. The largest absolute Gasteiger partial charge is 5.00 e. The first kappa shape index (κ1) is 30.6. The van der Waals surface area contributed by atoms with E-state index < -0.39 is 0 Å². The van der Waals surface area contributed by atoms with E-state index in [1.165, 1.54) is 0 Å². The van der Waals surface area contributed by atoms with E-state index in [1.54, 1.807) is 6.92 Å². The Balaban J connectivity index is -0.0000000189. The third-order valence-corrected chi connectivity index (χ3v) is 0.586. The van der Waals surface area contributed by atoms with Crippen LogP contribution >= 0.6 is 0 Å². The van der Waals surface area contributed by atoms with Crippen molar-refractivity contribution in [2.24, 2.45) is 0 Å². The molecule has 0 aliphatic heterocycles. The number of hydrogen-bond acceptors (Lipinski definition) is 0. The zero-order valence-corrected chi connectivity index (χ0v) is 8.91. The fourth-order valence-corrected chi connectivity index (χ4v) is 0.340. The van der Waals surface area contributed by atoms with Crippen molar-refractivity contribution in [3.63, 3.8) is 0 Å². The summed E-state index contributed by atoms with van der Waals surface area (Å²) in [5, 5.41) is 0. The molecule has 0 atom stereocenters. The molecule has 1 nitrogen and oxygen atoms in total. The normalized spacial score (nSPS) is 8.55. The van der Waals surface area contributed by atoms with Crippen LogP contribution in [0.4, 0.5) is 0 Å². The molecular formula is C9H18CrN. The first-order valence-electron chi connectivity index (χ1n) is 2.42. The van der Waals surface area contributed by atoms with Gasteiger partial charge in [0.05, 0.1) is 0 Å². The Bertz CT molecular complexity index is 67.6. The maximum atomic E-state index is 3.25. The molecule has 1 rings (SSSR count). The Kier molecular flexibility index (Phi) is 90.3. The second-order valence-corrected chi connectivity index (χ2v) is 1.00. The molecule has 0 aromatic carbocycles. The van der Waals surface area contributed by atoms with Crippen LogP contribution in [0, 0.1) is 27.9 Å². The zero-order valence-electron chi connectivity index (χ0n) is 7.63. The van der Waals surface area contributed by atoms with Crippen molar-refractivity contribution in [3.05, 3.63) is 52.2 Å². The summed E-state index contributed by atoms with van der Waals surface area (Å²) in [6.45, 7) is 5.00. The van der Waals surface area contributed by atoms with Gasteiger partial charge in [-0.3, -0.25) is 6.08 Å². The summed E-state index contributed by atoms with van der Waals surface area (Å²) in [6.07, 6.45) is 10.0. The SMILES string of the molecule is [C-]1=CC=CC1.[CH2-]C.[CH3-].[CH3-].[Cr+5].[NH2-]. The van der Waals surface area contributed by atoms with Crippen molar-refractivity contribution in [1.82, 2.24) is 0 Å². The van der Waals surface area contributed by atoms with Crippen LogP contribution in [-0.2, 0) is 17.4 Å². The van der Waals surface area contributed by atoms with Crippen LogP contribution < -0.4 is 0 Å². The molecule has 0 amide bonds. The van der Waals surface area contributed by atoms with Gasteiger partial charge in [-0.05, 0) is 0 Å². The van der Waals surface area contributed by atoms with Crippen molar-refractivity contribution in [1.29, 1.82) is 0 Å². The van der Waals surface area contributed by atoms with Gasteiger partial charge in [0.15, 0.2) is 0 Å². The van der Waals surface area contributed by atoms with E-state index in [-0.39, 0.29) is 38.4 Å². The summed E-state index contributed by atoms with van der Waals surface area (Å²) >= 11 is 0. The molecule has 0 aromatic heterocycles. The van der Waals surface area contributed by atoms with Gasteiger partial charge in [-0.15, -0.1) is 6.42 Å². The van der Waals surface area contributed by atoms with Crippen LogP contribution in [0.3, 0.4) is 0 Å². The summed E-state index contributed by atoms with van der Waals surface area (Å²) in [6, 6.07) is 0. The van der Waals surface area contributed by atoms with Gasteiger partial charge in [0.2, 0.25) is 0 Å². The third kappa shape index (κ3) is 25.6. The minimum absolute atomic E-state index is 0. The van der Waals surface area contributed by atoms with Crippen molar-refractivity contribution < 1.29 is 17.4 Å². The van der Waals surface area contributed by atoms with Crippen molar-refractivity contribution in [2.75, 3.05) is 0 Å². The first-order valence-corrected chi connectivity index (χ1v) is 2.42. The Morgan fingerprint density at radius 1 is 1.27 bits per heavy atom. The van der Waals surface area contributed by atoms with E-state index in [0.29, 0.717) is 0 Å². The molecule has 0 spiro atoms. The van der Waals surface area contributed by atoms with Gasteiger partial charge in [-0.25, -0.2) is 12.2 Å². The third-order valence-electron chi connectivity index (χ3n) is 0.586. The average Bonchev–Trinajstić information content (AvgIpc) is 2.23. The number of rotatable bonds is 0. The maximum absolute atomic E-state index is 3.25. The predicted molar refractivity (Wildman–Crippen MR) is 50.7 cm³/mol. The average molecular weight is 192 g/mol. The summed E-state index contributed by atoms with van der Waals surface area (Å²) < 4.78 is 0. The molecule has 0 unspecified atom stereocenters. The van der Waals surface area contributed by atoms with Crippen molar-refractivity contribution >= 4 is 0 Å². The summed E-state index contributed by atoms with van der Waals surface area (Å²) in [5.74, 6) is 0. The topological polar surface area (TPSA) is 33.5 Å². The van der Waals surface area contributed by atoms with Crippen LogP contribution in [0.15, 0.2) is 18.2 Å². The molecule has 1 radical (unpaired) electrons. The fraction of sp³-hybridized carbons (Fsp3) is 0.222. The van der Waals surface area contributed by atoms with Gasteiger partial charge in [0, 0.05) is 0 Å². The Morgan fingerprint density at radius 2 is 1.73 bits per heavy atom. The van der Waals surface area contributed by atoms with Gasteiger partial charge >= 0.3 is 17.4 Å². The van der Waals surface area contributed by atoms with Gasteiger partial charge in [-0.2, -0.15) is 13.0 Å². The summed E-state index contributed by atoms with van der Waals surface area (Å²) in [4.78, 5) is 0. The van der Waals surface area contributed by atoms with Crippen LogP contribution in [-0.4, -0.2) is 0 Å². The van der Waals surface area contributed by atoms with E-state index in [2.05, 4.69) is 19.1 Å². The second-order valence-electron chi connectivity index (χ2n) is 1.00. The van der Waals surface area contributed by atoms with Gasteiger partial charge in [0.25, 0.3) is 0 Å². The minimum atomic E-state index is 0. The van der Waals surface area contributed by atoms with Gasteiger partial charge in [0.1, 0.15) is 0 Å². The maximum Gasteiger partial charge on any atom is 5.00 e. The van der Waals surface area contributed by atoms with Crippen LogP contribution in [0.25, 0.3) is 6.15 Å². The second kappa shape index (κ2) is 32.5. The number of nitrogens with two attached hydrogens (primary N) is 1. The Hall–Kier alpha value is -0.0275. The monoisotopic (exact) mass is 192 g/mol. The first-order chi connectivity index (χ1) is 3.50. The fourth-order valence-electron chi connectivity index (χ4n) is 0.340. The molecule has 65 valence electrons. The molecule has 0 saturated carbocycles. The standard InChI is InChI=1S/C5H5.C2H5.2CH3.Cr.H2N/c1-2-4-5-3-1;1-2;;;;/h1-3H,4H2;1H2,2H3;2*1H3;;1H2/q4*-1;+5;-1. The molecule has 1 aliphatic carbocycles. The van der Waals surface area contributed by atoms with Crippen LogP contribution in [0.1, 0.15) is 13.3 Å².